The van der Waals surface area contributed by atoms with Crippen LogP contribution in [-0.4, -0.2) is 71.4 Å². The van der Waals surface area contributed by atoms with Gasteiger partial charge in [0.15, 0.2) is 0 Å². The Hall–Kier alpha value is -1.35. The van der Waals surface area contributed by atoms with Gasteiger partial charge in [-0.25, -0.2) is 8.42 Å². The number of carbonyl (C=O) groups is 1. The molecule has 1 heterocycles. The lowest BCUT2D eigenvalue weighted by Gasteiger charge is -2.27. The van der Waals surface area contributed by atoms with Gasteiger partial charge in [0.1, 0.15) is 6.54 Å². The first-order chi connectivity index (χ1) is 11.8. The highest BCUT2D eigenvalue weighted by molar-refractivity contribution is 7.92. The summed E-state index contributed by atoms with van der Waals surface area (Å²) in [6.45, 7) is 5.77. The summed E-state index contributed by atoms with van der Waals surface area (Å²) in [6.07, 6.45) is 1.09. The second-order valence-corrected chi connectivity index (χ2v) is 8.35. The molecule has 9 heteroatoms. The Bertz CT molecular complexity index is 705. The Morgan fingerprint density at radius 3 is 2.64 bits per heavy atom. The fourth-order valence-corrected chi connectivity index (χ4v) is 3.78. The number of benzene rings is 1. The van der Waals surface area contributed by atoms with E-state index < -0.39 is 10.0 Å². The van der Waals surface area contributed by atoms with Gasteiger partial charge in [-0.15, -0.1) is 0 Å². The van der Waals surface area contributed by atoms with Crippen molar-refractivity contribution in [2.24, 2.45) is 0 Å². The predicted molar refractivity (Wildman–Crippen MR) is 98.6 cm³/mol. The summed E-state index contributed by atoms with van der Waals surface area (Å²) in [4.78, 5) is 14.4. The quantitative estimate of drug-likeness (QED) is 0.748. The number of halogens is 1. The number of aryl methyl sites for hydroxylation is 1. The topological polar surface area (TPSA) is 79.0 Å². The van der Waals surface area contributed by atoms with Crippen molar-refractivity contribution >= 4 is 33.2 Å². The lowest BCUT2D eigenvalue weighted by molar-refractivity contribution is -0.119. The summed E-state index contributed by atoms with van der Waals surface area (Å²) in [7, 11) is -3.59. The maximum Gasteiger partial charge on any atom is 0.240 e. The van der Waals surface area contributed by atoms with Crippen LogP contribution in [0.3, 0.4) is 0 Å². The minimum Gasteiger partial charge on any atom is -0.379 e. The maximum atomic E-state index is 12.2. The molecule has 0 saturated carbocycles. The summed E-state index contributed by atoms with van der Waals surface area (Å²) < 4.78 is 30.6. The molecule has 1 fully saturated rings. The third-order valence-corrected chi connectivity index (χ3v) is 5.33. The second-order valence-electron chi connectivity index (χ2n) is 6.00. The van der Waals surface area contributed by atoms with Crippen molar-refractivity contribution in [1.82, 2.24) is 10.2 Å². The van der Waals surface area contributed by atoms with Crippen LogP contribution in [0.5, 0.6) is 0 Å². The molecule has 1 saturated heterocycles. The molecule has 1 aliphatic rings. The van der Waals surface area contributed by atoms with Gasteiger partial charge in [-0.2, -0.15) is 0 Å². The number of hydrogen-bond donors (Lipinski definition) is 1. The van der Waals surface area contributed by atoms with Crippen LogP contribution in [0.1, 0.15) is 5.56 Å². The lowest BCUT2D eigenvalue weighted by atomic mass is 10.2. The summed E-state index contributed by atoms with van der Waals surface area (Å²) in [5.74, 6) is -0.340. The normalized spacial score (nSPS) is 15.8. The van der Waals surface area contributed by atoms with E-state index in [1.807, 2.05) is 0 Å². The number of ether oxygens (including phenoxy) is 1. The van der Waals surface area contributed by atoms with Crippen LogP contribution < -0.4 is 9.62 Å². The number of anilines is 1. The highest BCUT2D eigenvalue weighted by Gasteiger charge is 2.22. The van der Waals surface area contributed by atoms with E-state index in [1.54, 1.807) is 25.1 Å². The first-order valence-electron chi connectivity index (χ1n) is 8.08. The van der Waals surface area contributed by atoms with Crippen molar-refractivity contribution in [3.63, 3.8) is 0 Å². The monoisotopic (exact) mass is 389 g/mol. The fraction of sp³-hybridized carbons (Fsp3) is 0.562. The number of nitrogens with zero attached hydrogens (tertiary/aromatic N) is 2. The van der Waals surface area contributed by atoms with Gasteiger partial charge < -0.3 is 10.1 Å². The van der Waals surface area contributed by atoms with Crippen LogP contribution in [0.2, 0.25) is 5.02 Å². The van der Waals surface area contributed by atoms with Gasteiger partial charge in [-0.05, 0) is 30.7 Å². The second kappa shape index (κ2) is 8.84. The molecule has 1 aromatic carbocycles. The molecule has 0 bridgehead atoms. The highest BCUT2D eigenvalue weighted by atomic mass is 35.5. The van der Waals surface area contributed by atoms with E-state index in [0.717, 1.165) is 23.7 Å². The standard InChI is InChI=1S/C16H24ClN3O4S/c1-13-11-14(17)3-4-15(13)20(25(2,22)23)12-16(21)18-5-6-19-7-9-24-10-8-19/h3-4,11H,5-10,12H2,1-2H3,(H,18,21). The van der Waals surface area contributed by atoms with Crippen molar-refractivity contribution in [2.45, 2.75) is 6.92 Å². The van der Waals surface area contributed by atoms with E-state index >= 15 is 0 Å². The molecular formula is C16H24ClN3O4S. The highest BCUT2D eigenvalue weighted by Crippen LogP contribution is 2.25. The van der Waals surface area contributed by atoms with Gasteiger partial charge in [0, 0.05) is 31.2 Å². The zero-order valence-electron chi connectivity index (χ0n) is 14.5. The lowest BCUT2D eigenvalue weighted by Crippen LogP contribution is -2.44. The van der Waals surface area contributed by atoms with Crippen LogP contribution in [0.25, 0.3) is 0 Å². The molecule has 25 heavy (non-hydrogen) atoms. The maximum absolute atomic E-state index is 12.2. The summed E-state index contributed by atoms with van der Waals surface area (Å²) >= 11 is 5.92. The first kappa shape index (κ1) is 20.0. The van der Waals surface area contributed by atoms with Crippen molar-refractivity contribution in [1.29, 1.82) is 0 Å². The van der Waals surface area contributed by atoms with Gasteiger partial charge in [-0.1, -0.05) is 11.6 Å². The fourth-order valence-electron chi connectivity index (χ4n) is 2.64. The zero-order chi connectivity index (χ0) is 18.4. The summed E-state index contributed by atoms with van der Waals surface area (Å²) in [5.41, 5.74) is 1.15. The number of morpholine rings is 1. The third-order valence-electron chi connectivity index (χ3n) is 3.97. The molecule has 0 aliphatic carbocycles. The largest absolute Gasteiger partial charge is 0.379 e. The van der Waals surface area contributed by atoms with Crippen molar-refractivity contribution < 1.29 is 17.9 Å². The van der Waals surface area contributed by atoms with Crippen LogP contribution >= 0.6 is 11.6 Å². The number of carbonyl (C=O) groups excluding carboxylic acids is 1. The Labute approximate surface area is 153 Å². The van der Waals surface area contributed by atoms with Gasteiger partial charge in [0.2, 0.25) is 15.9 Å². The number of sulfonamides is 1. The zero-order valence-corrected chi connectivity index (χ0v) is 16.1. The van der Waals surface area contributed by atoms with E-state index in [2.05, 4.69) is 10.2 Å². The third kappa shape index (κ3) is 6.14. The first-order valence-corrected chi connectivity index (χ1v) is 10.3. The molecule has 2 rings (SSSR count). The molecule has 1 amide bonds. The molecule has 7 nitrogen and oxygen atoms in total. The van der Waals surface area contributed by atoms with Crippen LogP contribution in [0, 0.1) is 6.92 Å². The van der Waals surface area contributed by atoms with E-state index in [-0.39, 0.29) is 12.5 Å². The molecule has 1 N–H and O–H groups in total. The average molecular weight is 390 g/mol. The van der Waals surface area contributed by atoms with E-state index in [0.29, 0.717) is 42.6 Å². The molecule has 0 aromatic heterocycles. The molecule has 1 aromatic rings. The van der Waals surface area contributed by atoms with Gasteiger partial charge >= 0.3 is 0 Å². The molecule has 0 atom stereocenters. The minimum atomic E-state index is -3.59. The molecular weight excluding hydrogens is 366 g/mol. The summed E-state index contributed by atoms with van der Waals surface area (Å²) in [5, 5.41) is 3.30. The Balaban J connectivity index is 1.96. The molecule has 0 unspecified atom stereocenters. The smallest absolute Gasteiger partial charge is 0.240 e. The number of rotatable bonds is 7. The average Bonchev–Trinajstić information content (AvgIpc) is 2.53. The summed E-state index contributed by atoms with van der Waals surface area (Å²) in [6, 6.07) is 4.89. The van der Waals surface area contributed by atoms with Gasteiger partial charge in [0.05, 0.1) is 25.2 Å². The van der Waals surface area contributed by atoms with Gasteiger partial charge in [0.25, 0.3) is 0 Å². The molecule has 1 aliphatic heterocycles. The number of nitrogens with one attached hydrogen (secondary N) is 1. The van der Waals surface area contributed by atoms with Crippen molar-refractivity contribution in [3.05, 3.63) is 28.8 Å². The van der Waals surface area contributed by atoms with E-state index in [4.69, 9.17) is 16.3 Å². The Morgan fingerprint density at radius 1 is 1.36 bits per heavy atom. The van der Waals surface area contributed by atoms with Crippen molar-refractivity contribution in [3.8, 4) is 0 Å². The van der Waals surface area contributed by atoms with Crippen molar-refractivity contribution in [2.75, 3.05) is 56.5 Å². The minimum absolute atomic E-state index is 0.260. The molecule has 0 radical (unpaired) electrons. The Morgan fingerprint density at radius 2 is 2.04 bits per heavy atom. The predicted octanol–water partition coefficient (Wildman–Crippen LogP) is 0.863. The van der Waals surface area contributed by atoms with E-state index in [1.165, 1.54) is 0 Å². The van der Waals surface area contributed by atoms with Crippen LogP contribution in [0.4, 0.5) is 5.69 Å². The molecule has 140 valence electrons. The number of hydrogen-bond acceptors (Lipinski definition) is 5. The molecule has 0 spiro atoms. The van der Waals surface area contributed by atoms with Gasteiger partial charge in [-0.3, -0.25) is 14.0 Å². The Kier molecular flexibility index (Phi) is 7.06. The van der Waals surface area contributed by atoms with E-state index in [9.17, 15) is 13.2 Å². The SMILES string of the molecule is Cc1cc(Cl)ccc1N(CC(=O)NCCN1CCOCC1)S(C)(=O)=O. The number of amides is 1. The van der Waals surface area contributed by atoms with Crippen LogP contribution in [-0.2, 0) is 19.6 Å². The van der Waals surface area contributed by atoms with Crippen LogP contribution in [0.15, 0.2) is 18.2 Å².